The van der Waals surface area contributed by atoms with Crippen LogP contribution in [0.3, 0.4) is 0 Å². The van der Waals surface area contributed by atoms with E-state index in [9.17, 15) is 4.79 Å². The van der Waals surface area contributed by atoms with Gasteiger partial charge >= 0.3 is 5.97 Å². The Hall–Kier alpha value is -1.75. The lowest BCUT2D eigenvalue weighted by molar-refractivity contribution is -0.0410. The third kappa shape index (κ3) is 2.25. The van der Waals surface area contributed by atoms with Gasteiger partial charge in [-0.05, 0) is 24.6 Å². The summed E-state index contributed by atoms with van der Waals surface area (Å²) in [7, 11) is 0. The molecular weight excluding hydrogens is 208 g/mol. The summed E-state index contributed by atoms with van der Waals surface area (Å²) in [4.78, 5) is 10.8. The second-order valence-electron chi connectivity index (χ2n) is 3.77. The number of carboxylic acids is 1. The number of aromatic carboxylic acids is 1. The second kappa shape index (κ2) is 4.40. The minimum atomic E-state index is -0.956. The van der Waals surface area contributed by atoms with Crippen LogP contribution in [0.2, 0.25) is 0 Å². The highest BCUT2D eigenvalue weighted by atomic mass is 16.5. The number of benzene rings is 1. The molecule has 1 saturated heterocycles. The van der Waals surface area contributed by atoms with Crippen molar-refractivity contribution in [1.29, 1.82) is 0 Å². The lowest BCUT2D eigenvalue weighted by Gasteiger charge is -2.27. The first-order chi connectivity index (χ1) is 7.66. The molecule has 0 bridgehead atoms. The first-order valence-electron chi connectivity index (χ1n) is 5.15. The van der Waals surface area contributed by atoms with Gasteiger partial charge in [-0.3, -0.25) is 0 Å². The lowest BCUT2D eigenvalue weighted by Crippen LogP contribution is -2.33. The van der Waals surface area contributed by atoms with Crippen molar-refractivity contribution in [2.75, 3.05) is 24.2 Å². The Morgan fingerprint density at radius 3 is 2.94 bits per heavy atom. The van der Waals surface area contributed by atoms with Gasteiger partial charge in [-0.15, -0.1) is 0 Å². The molecule has 0 amide bonds. The average molecular weight is 222 g/mol. The van der Waals surface area contributed by atoms with Crippen LogP contribution in [0.5, 0.6) is 0 Å². The summed E-state index contributed by atoms with van der Waals surface area (Å²) in [6.07, 6.45) is 1.25. The zero-order chi connectivity index (χ0) is 11.5. The number of nitrogens with one attached hydrogen (secondary N) is 1. The third-order valence-corrected chi connectivity index (χ3v) is 2.61. The smallest absolute Gasteiger partial charge is 0.335 e. The molecule has 4 N–H and O–H groups in total. The Bertz CT molecular complexity index is 402. The van der Waals surface area contributed by atoms with Crippen LogP contribution in [0, 0.1) is 0 Å². The molecule has 1 atom stereocenters. The molecule has 1 heterocycles. The average Bonchev–Trinajstić information content (AvgIpc) is 2.18. The fourth-order valence-corrected chi connectivity index (χ4v) is 1.51. The maximum atomic E-state index is 10.8. The van der Waals surface area contributed by atoms with Crippen LogP contribution in [-0.2, 0) is 4.74 Å². The minimum absolute atomic E-state index is 0.216. The van der Waals surface area contributed by atoms with E-state index in [-0.39, 0.29) is 11.7 Å². The number of carbonyl (C=O) groups is 1. The Labute approximate surface area is 93.2 Å². The lowest BCUT2D eigenvalue weighted by atomic mass is 10.1. The fourth-order valence-electron chi connectivity index (χ4n) is 1.51. The van der Waals surface area contributed by atoms with E-state index in [4.69, 9.17) is 15.6 Å². The summed E-state index contributed by atoms with van der Waals surface area (Å²) in [5.74, 6) is -0.956. The summed E-state index contributed by atoms with van der Waals surface area (Å²) in [5, 5.41) is 11.9. The molecule has 5 heteroatoms. The van der Waals surface area contributed by atoms with Crippen LogP contribution >= 0.6 is 0 Å². The van der Waals surface area contributed by atoms with E-state index >= 15 is 0 Å². The van der Waals surface area contributed by atoms with Crippen molar-refractivity contribution < 1.29 is 14.6 Å². The normalized spacial score (nSPS) is 18.9. The number of carboxylic acid groups (broad SMARTS) is 1. The van der Waals surface area contributed by atoms with Gasteiger partial charge in [0.1, 0.15) is 0 Å². The van der Waals surface area contributed by atoms with E-state index in [0.717, 1.165) is 13.0 Å². The monoisotopic (exact) mass is 222 g/mol. The van der Waals surface area contributed by atoms with E-state index in [1.807, 2.05) is 0 Å². The number of hydrogen-bond acceptors (Lipinski definition) is 4. The molecule has 1 aromatic carbocycles. The number of ether oxygens (including phenoxy) is 1. The van der Waals surface area contributed by atoms with Gasteiger partial charge in [0, 0.05) is 13.2 Å². The SMILES string of the molecule is Nc1ccc(C(=O)O)cc1NCC1CCO1. The molecule has 86 valence electrons. The van der Waals surface area contributed by atoms with E-state index in [0.29, 0.717) is 17.9 Å². The highest BCUT2D eigenvalue weighted by molar-refractivity contribution is 5.90. The van der Waals surface area contributed by atoms with Crippen LogP contribution in [-0.4, -0.2) is 30.3 Å². The summed E-state index contributed by atoms with van der Waals surface area (Å²) >= 11 is 0. The van der Waals surface area contributed by atoms with E-state index in [2.05, 4.69) is 5.32 Å². The Balaban J connectivity index is 2.05. The van der Waals surface area contributed by atoms with Crippen molar-refractivity contribution in [3.05, 3.63) is 23.8 Å². The van der Waals surface area contributed by atoms with Crippen molar-refractivity contribution in [2.24, 2.45) is 0 Å². The van der Waals surface area contributed by atoms with Crippen LogP contribution < -0.4 is 11.1 Å². The number of nitrogens with two attached hydrogens (primary N) is 1. The maximum Gasteiger partial charge on any atom is 0.335 e. The molecule has 0 aromatic heterocycles. The standard InChI is InChI=1S/C11H14N2O3/c12-9-2-1-7(11(14)15)5-10(9)13-6-8-3-4-16-8/h1-2,5,8,13H,3-4,6,12H2,(H,14,15). The second-order valence-corrected chi connectivity index (χ2v) is 3.77. The molecule has 0 saturated carbocycles. The number of nitrogen functional groups attached to an aromatic ring is 1. The molecule has 1 unspecified atom stereocenters. The highest BCUT2D eigenvalue weighted by Crippen LogP contribution is 2.21. The van der Waals surface area contributed by atoms with Gasteiger partial charge in [-0.1, -0.05) is 0 Å². The quantitative estimate of drug-likeness (QED) is 0.666. The van der Waals surface area contributed by atoms with E-state index < -0.39 is 5.97 Å². The molecule has 0 radical (unpaired) electrons. The molecule has 16 heavy (non-hydrogen) atoms. The van der Waals surface area contributed by atoms with Crippen molar-refractivity contribution in [3.63, 3.8) is 0 Å². The van der Waals surface area contributed by atoms with Crippen LogP contribution in [0.4, 0.5) is 11.4 Å². The van der Waals surface area contributed by atoms with Crippen molar-refractivity contribution >= 4 is 17.3 Å². The summed E-state index contributed by atoms with van der Waals surface area (Å²) in [6.45, 7) is 1.46. The first-order valence-corrected chi connectivity index (χ1v) is 5.15. The predicted molar refractivity (Wildman–Crippen MR) is 60.7 cm³/mol. The molecule has 1 aliphatic rings. The molecule has 5 nitrogen and oxygen atoms in total. The zero-order valence-electron chi connectivity index (χ0n) is 8.77. The van der Waals surface area contributed by atoms with Crippen molar-refractivity contribution in [2.45, 2.75) is 12.5 Å². The van der Waals surface area contributed by atoms with Gasteiger partial charge < -0.3 is 20.9 Å². The Kier molecular flexibility index (Phi) is 2.96. The van der Waals surface area contributed by atoms with Crippen LogP contribution in [0.25, 0.3) is 0 Å². The molecule has 1 aromatic rings. The minimum Gasteiger partial charge on any atom is -0.478 e. The van der Waals surface area contributed by atoms with Crippen molar-refractivity contribution in [1.82, 2.24) is 0 Å². The van der Waals surface area contributed by atoms with Crippen LogP contribution in [0.1, 0.15) is 16.8 Å². The van der Waals surface area contributed by atoms with Gasteiger partial charge in [-0.2, -0.15) is 0 Å². The van der Waals surface area contributed by atoms with Gasteiger partial charge in [0.05, 0.1) is 23.0 Å². The largest absolute Gasteiger partial charge is 0.478 e. The maximum absolute atomic E-state index is 10.8. The molecular formula is C11H14N2O3. The van der Waals surface area contributed by atoms with Gasteiger partial charge in [0.25, 0.3) is 0 Å². The van der Waals surface area contributed by atoms with Gasteiger partial charge in [-0.25, -0.2) is 4.79 Å². The van der Waals surface area contributed by atoms with E-state index in [1.54, 1.807) is 6.07 Å². The van der Waals surface area contributed by atoms with Crippen molar-refractivity contribution in [3.8, 4) is 0 Å². The summed E-state index contributed by atoms with van der Waals surface area (Å²) < 4.78 is 5.25. The Morgan fingerprint density at radius 2 is 2.38 bits per heavy atom. The molecule has 1 fully saturated rings. The highest BCUT2D eigenvalue weighted by Gasteiger charge is 2.18. The molecule has 0 spiro atoms. The van der Waals surface area contributed by atoms with Gasteiger partial charge in [0.15, 0.2) is 0 Å². The summed E-state index contributed by atoms with van der Waals surface area (Å²) in [6, 6.07) is 4.62. The summed E-state index contributed by atoms with van der Waals surface area (Å²) in [5.41, 5.74) is 7.16. The number of anilines is 2. The van der Waals surface area contributed by atoms with Gasteiger partial charge in [0.2, 0.25) is 0 Å². The molecule has 0 aliphatic carbocycles. The zero-order valence-corrected chi connectivity index (χ0v) is 8.77. The number of hydrogen-bond donors (Lipinski definition) is 3. The third-order valence-electron chi connectivity index (χ3n) is 2.61. The molecule has 1 aliphatic heterocycles. The topological polar surface area (TPSA) is 84.6 Å². The van der Waals surface area contributed by atoms with E-state index in [1.165, 1.54) is 12.1 Å². The fraction of sp³-hybridized carbons (Fsp3) is 0.364. The molecule has 2 rings (SSSR count). The first kappa shape index (κ1) is 10.8. The van der Waals surface area contributed by atoms with Crippen LogP contribution in [0.15, 0.2) is 18.2 Å². The number of rotatable bonds is 4. The Morgan fingerprint density at radius 1 is 1.62 bits per heavy atom. The predicted octanol–water partition coefficient (Wildman–Crippen LogP) is 1.17.